The maximum absolute atomic E-state index is 13.0. The molecule has 2 aromatic carbocycles. The van der Waals surface area contributed by atoms with E-state index in [2.05, 4.69) is 4.98 Å². The van der Waals surface area contributed by atoms with Crippen molar-refractivity contribution in [3.8, 4) is 17.1 Å². The van der Waals surface area contributed by atoms with Gasteiger partial charge in [-0.2, -0.15) is 0 Å². The predicted molar refractivity (Wildman–Crippen MR) is 72.5 cm³/mol. The number of aromatic hydroxyl groups is 1. The van der Waals surface area contributed by atoms with Gasteiger partial charge in [-0.25, -0.2) is 9.37 Å². The summed E-state index contributed by atoms with van der Waals surface area (Å²) >= 11 is 0. The summed E-state index contributed by atoms with van der Waals surface area (Å²) in [6.45, 7) is 2.01. The Hall–Kier alpha value is -2.36. The lowest BCUT2D eigenvalue weighted by Crippen LogP contribution is -1.94. The maximum Gasteiger partial charge on any atom is 0.144 e. The van der Waals surface area contributed by atoms with Gasteiger partial charge in [0.1, 0.15) is 17.4 Å². The number of halogens is 1. The van der Waals surface area contributed by atoms with Crippen molar-refractivity contribution in [2.45, 2.75) is 6.92 Å². The second kappa shape index (κ2) is 4.09. The van der Waals surface area contributed by atoms with Crippen molar-refractivity contribution in [2.24, 2.45) is 7.05 Å². The first kappa shape index (κ1) is 11.7. The maximum atomic E-state index is 13.0. The normalized spacial score (nSPS) is 11.1. The van der Waals surface area contributed by atoms with Gasteiger partial charge in [0.2, 0.25) is 0 Å². The monoisotopic (exact) mass is 256 g/mol. The Kier molecular flexibility index (Phi) is 2.52. The molecule has 4 heteroatoms. The summed E-state index contributed by atoms with van der Waals surface area (Å²) in [4.78, 5) is 4.51. The molecule has 96 valence electrons. The van der Waals surface area contributed by atoms with Gasteiger partial charge >= 0.3 is 0 Å². The number of imidazole rings is 1. The standard InChI is InChI=1S/C15H13FN2O/c1-9-4-3-5-12-14(9)18(2)15(17-12)11-7-6-10(16)8-13(11)19/h3-8,19H,1-2H3. The fraction of sp³-hybridized carbons (Fsp3) is 0.133. The van der Waals surface area contributed by atoms with Crippen molar-refractivity contribution < 1.29 is 9.50 Å². The number of hydrogen-bond acceptors (Lipinski definition) is 2. The molecule has 0 saturated heterocycles. The molecule has 0 amide bonds. The van der Waals surface area contributed by atoms with Crippen LogP contribution in [0.2, 0.25) is 0 Å². The third-order valence-electron chi connectivity index (χ3n) is 3.30. The average Bonchev–Trinajstić information content (AvgIpc) is 2.68. The molecule has 3 nitrogen and oxygen atoms in total. The number of hydrogen-bond donors (Lipinski definition) is 1. The van der Waals surface area contributed by atoms with Gasteiger partial charge in [-0.3, -0.25) is 0 Å². The Morgan fingerprint density at radius 2 is 2.00 bits per heavy atom. The van der Waals surface area contributed by atoms with Crippen molar-refractivity contribution in [2.75, 3.05) is 0 Å². The number of aromatic nitrogens is 2. The fourth-order valence-electron chi connectivity index (χ4n) is 2.40. The lowest BCUT2D eigenvalue weighted by molar-refractivity contribution is 0.470. The molecule has 3 rings (SSSR count). The summed E-state index contributed by atoms with van der Waals surface area (Å²) in [5.41, 5.74) is 3.52. The minimum absolute atomic E-state index is 0.101. The van der Waals surface area contributed by atoms with Gasteiger partial charge in [0.05, 0.1) is 16.6 Å². The number of phenolic OH excluding ortho intramolecular Hbond substituents is 1. The molecule has 0 atom stereocenters. The first-order chi connectivity index (χ1) is 9.08. The van der Waals surface area contributed by atoms with E-state index in [1.807, 2.05) is 36.7 Å². The molecule has 0 unspecified atom stereocenters. The highest BCUT2D eigenvalue weighted by molar-refractivity contribution is 5.84. The van der Waals surface area contributed by atoms with E-state index in [1.54, 1.807) is 6.07 Å². The quantitative estimate of drug-likeness (QED) is 0.724. The molecule has 0 aliphatic heterocycles. The number of aryl methyl sites for hydroxylation is 2. The van der Waals surface area contributed by atoms with Gasteiger partial charge in [0.25, 0.3) is 0 Å². The number of para-hydroxylation sites is 1. The molecule has 0 spiro atoms. The van der Waals surface area contributed by atoms with Crippen LogP contribution in [0.15, 0.2) is 36.4 Å². The van der Waals surface area contributed by atoms with Gasteiger partial charge in [-0.05, 0) is 30.7 Å². The second-order valence-corrected chi connectivity index (χ2v) is 4.60. The zero-order chi connectivity index (χ0) is 13.6. The van der Waals surface area contributed by atoms with E-state index >= 15 is 0 Å². The first-order valence-electron chi connectivity index (χ1n) is 5.99. The van der Waals surface area contributed by atoms with E-state index in [4.69, 9.17) is 0 Å². The van der Waals surface area contributed by atoms with E-state index in [1.165, 1.54) is 6.07 Å². The Labute approximate surface area is 109 Å². The Morgan fingerprint density at radius 1 is 1.21 bits per heavy atom. The van der Waals surface area contributed by atoms with Gasteiger partial charge < -0.3 is 9.67 Å². The van der Waals surface area contributed by atoms with Crippen LogP contribution in [0.5, 0.6) is 5.75 Å². The molecule has 3 aromatic rings. The third kappa shape index (κ3) is 1.76. The molecule has 0 bridgehead atoms. The minimum Gasteiger partial charge on any atom is -0.507 e. The lowest BCUT2D eigenvalue weighted by Gasteiger charge is -2.05. The van der Waals surface area contributed by atoms with Crippen molar-refractivity contribution >= 4 is 11.0 Å². The van der Waals surface area contributed by atoms with Crippen LogP contribution in [0.4, 0.5) is 4.39 Å². The molecule has 0 aliphatic carbocycles. The first-order valence-corrected chi connectivity index (χ1v) is 5.99. The summed E-state index contributed by atoms with van der Waals surface area (Å²) < 4.78 is 15.0. The van der Waals surface area contributed by atoms with E-state index in [9.17, 15) is 9.50 Å². The molecular formula is C15H13FN2O. The summed E-state index contributed by atoms with van der Waals surface area (Å²) in [5.74, 6) is 0.0639. The summed E-state index contributed by atoms with van der Waals surface area (Å²) in [5, 5.41) is 9.87. The van der Waals surface area contributed by atoms with Crippen LogP contribution >= 0.6 is 0 Å². The topological polar surface area (TPSA) is 38.1 Å². The van der Waals surface area contributed by atoms with Crippen LogP contribution in [-0.2, 0) is 7.05 Å². The molecular weight excluding hydrogens is 243 g/mol. The van der Waals surface area contributed by atoms with E-state index in [0.29, 0.717) is 11.4 Å². The average molecular weight is 256 g/mol. The predicted octanol–water partition coefficient (Wildman–Crippen LogP) is 3.39. The smallest absolute Gasteiger partial charge is 0.144 e. The van der Waals surface area contributed by atoms with Crippen LogP contribution in [-0.4, -0.2) is 14.7 Å². The number of rotatable bonds is 1. The van der Waals surface area contributed by atoms with Crippen molar-refractivity contribution in [1.29, 1.82) is 0 Å². The van der Waals surface area contributed by atoms with Crippen LogP contribution in [0, 0.1) is 12.7 Å². The van der Waals surface area contributed by atoms with Crippen LogP contribution in [0.25, 0.3) is 22.4 Å². The number of phenols is 1. The zero-order valence-corrected chi connectivity index (χ0v) is 10.7. The largest absolute Gasteiger partial charge is 0.507 e. The molecule has 0 fully saturated rings. The molecule has 1 heterocycles. The highest BCUT2D eigenvalue weighted by atomic mass is 19.1. The van der Waals surface area contributed by atoms with Crippen molar-refractivity contribution in [1.82, 2.24) is 9.55 Å². The molecule has 19 heavy (non-hydrogen) atoms. The third-order valence-corrected chi connectivity index (χ3v) is 3.30. The van der Waals surface area contributed by atoms with Gasteiger partial charge in [-0.1, -0.05) is 12.1 Å². The number of fused-ring (bicyclic) bond motifs is 1. The summed E-state index contributed by atoms with van der Waals surface area (Å²) in [7, 11) is 1.89. The SMILES string of the molecule is Cc1cccc2nc(-c3ccc(F)cc3O)n(C)c12. The van der Waals surface area contributed by atoms with E-state index < -0.39 is 5.82 Å². The number of nitrogens with zero attached hydrogens (tertiary/aromatic N) is 2. The Bertz CT molecular complexity index is 777. The molecule has 0 saturated carbocycles. The summed E-state index contributed by atoms with van der Waals surface area (Å²) in [6.07, 6.45) is 0. The minimum atomic E-state index is -0.462. The zero-order valence-electron chi connectivity index (χ0n) is 10.7. The van der Waals surface area contributed by atoms with Crippen LogP contribution < -0.4 is 0 Å². The Balaban J connectivity index is 2.31. The van der Waals surface area contributed by atoms with Crippen LogP contribution in [0.1, 0.15) is 5.56 Å². The van der Waals surface area contributed by atoms with Gasteiger partial charge in [0.15, 0.2) is 0 Å². The molecule has 0 radical (unpaired) electrons. The van der Waals surface area contributed by atoms with Crippen molar-refractivity contribution in [3.05, 3.63) is 47.8 Å². The van der Waals surface area contributed by atoms with Gasteiger partial charge in [0, 0.05) is 13.1 Å². The number of benzene rings is 2. The highest BCUT2D eigenvalue weighted by Crippen LogP contribution is 2.31. The van der Waals surface area contributed by atoms with E-state index in [0.717, 1.165) is 22.7 Å². The molecule has 1 N–H and O–H groups in total. The highest BCUT2D eigenvalue weighted by Gasteiger charge is 2.14. The molecule has 1 aromatic heterocycles. The van der Waals surface area contributed by atoms with E-state index in [-0.39, 0.29) is 5.75 Å². The summed E-state index contributed by atoms with van der Waals surface area (Å²) in [6, 6.07) is 9.84. The van der Waals surface area contributed by atoms with Crippen molar-refractivity contribution in [3.63, 3.8) is 0 Å². The Morgan fingerprint density at radius 3 is 2.68 bits per heavy atom. The van der Waals surface area contributed by atoms with Gasteiger partial charge in [-0.15, -0.1) is 0 Å². The lowest BCUT2D eigenvalue weighted by atomic mass is 10.2. The van der Waals surface area contributed by atoms with Crippen LogP contribution in [0.3, 0.4) is 0 Å². The molecule has 0 aliphatic rings. The fourth-order valence-corrected chi connectivity index (χ4v) is 2.40. The second-order valence-electron chi connectivity index (χ2n) is 4.60.